The molecule has 148 valence electrons. The van der Waals surface area contributed by atoms with Crippen LogP contribution < -0.4 is 10.1 Å². The predicted molar refractivity (Wildman–Crippen MR) is 104 cm³/mol. The number of unbranched alkanes of at least 4 members (excludes halogenated alkanes) is 2. The average Bonchev–Trinajstić information content (AvgIpc) is 2.62. The number of hydrogen-bond donors (Lipinski definition) is 1. The Morgan fingerprint density at radius 2 is 2.19 bits per heavy atom. The molecule has 1 N–H and O–H groups in total. The van der Waals surface area contributed by atoms with E-state index in [9.17, 15) is 9.18 Å². The topological polar surface area (TPSA) is 47.6 Å². The molecule has 0 amide bonds. The maximum absolute atomic E-state index is 14.1. The first kappa shape index (κ1) is 19.9. The van der Waals surface area contributed by atoms with Gasteiger partial charge in [0.15, 0.2) is 6.23 Å². The van der Waals surface area contributed by atoms with E-state index in [0.717, 1.165) is 50.6 Å². The van der Waals surface area contributed by atoms with Gasteiger partial charge in [0.1, 0.15) is 11.6 Å². The summed E-state index contributed by atoms with van der Waals surface area (Å²) in [6, 6.07) is 4.85. The minimum Gasteiger partial charge on any atom is -0.496 e. The summed E-state index contributed by atoms with van der Waals surface area (Å²) in [5.41, 5.74) is 1.63. The molecular formula is C22H30FNO3. The minimum absolute atomic E-state index is 0.0247. The summed E-state index contributed by atoms with van der Waals surface area (Å²) in [5.74, 6) is 0.0853. The van der Waals surface area contributed by atoms with Crippen molar-refractivity contribution in [3.8, 4) is 5.75 Å². The molecule has 4 nitrogen and oxygen atoms in total. The molecule has 1 aliphatic heterocycles. The van der Waals surface area contributed by atoms with Crippen LogP contribution >= 0.6 is 0 Å². The first-order valence-corrected chi connectivity index (χ1v) is 9.95. The number of ether oxygens (including phenoxy) is 2. The van der Waals surface area contributed by atoms with Gasteiger partial charge >= 0.3 is 5.97 Å². The molecule has 2 unspecified atom stereocenters. The van der Waals surface area contributed by atoms with Crippen molar-refractivity contribution in [2.75, 3.05) is 13.7 Å². The summed E-state index contributed by atoms with van der Waals surface area (Å²) in [5, 5.41) is 3.24. The lowest BCUT2D eigenvalue weighted by Gasteiger charge is -2.56. The van der Waals surface area contributed by atoms with E-state index < -0.39 is 0 Å². The van der Waals surface area contributed by atoms with Crippen molar-refractivity contribution in [3.05, 3.63) is 35.2 Å². The molecule has 1 aromatic rings. The Kier molecular flexibility index (Phi) is 6.20. The smallest absolute Gasteiger partial charge is 0.310 e. The van der Waals surface area contributed by atoms with Crippen LogP contribution in [0, 0.1) is 17.2 Å². The van der Waals surface area contributed by atoms with Crippen molar-refractivity contribution in [1.82, 2.24) is 5.32 Å². The van der Waals surface area contributed by atoms with E-state index in [-0.39, 0.29) is 29.3 Å². The van der Waals surface area contributed by atoms with E-state index in [1.54, 1.807) is 19.2 Å². The number of hydrogen-bond acceptors (Lipinski definition) is 4. The Bertz CT molecular complexity index is 708. The predicted octanol–water partition coefficient (Wildman–Crippen LogP) is 4.69. The van der Waals surface area contributed by atoms with Crippen LogP contribution in [-0.2, 0) is 9.53 Å². The van der Waals surface area contributed by atoms with Gasteiger partial charge in [-0.3, -0.25) is 10.1 Å². The van der Waals surface area contributed by atoms with Gasteiger partial charge in [-0.05, 0) is 37.5 Å². The molecule has 3 rings (SSSR count). The maximum atomic E-state index is 14.1. The molecule has 0 radical (unpaired) electrons. The lowest BCUT2D eigenvalue weighted by atomic mass is 9.60. The number of rotatable bonds is 8. The summed E-state index contributed by atoms with van der Waals surface area (Å²) in [4.78, 5) is 12.3. The highest BCUT2D eigenvalue weighted by atomic mass is 19.1. The van der Waals surface area contributed by atoms with E-state index in [0.29, 0.717) is 11.3 Å². The van der Waals surface area contributed by atoms with Gasteiger partial charge in [0.25, 0.3) is 0 Å². The van der Waals surface area contributed by atoms with Crippen molar-refractivity contribution in [3.63, 3.8) is 0 Å². The lowest BCUT2D eigenvalue weighted by molar-refractivity contribution is -0.182. The molecule has 1 spiro atoms. The Labute approximate surface area is 161 Å². The maximum Gasteiger partial charge on any atom is 0.310 e. The molecule has 1 saturated heterocycles. The quantitative estimate of drug-likeness (QED) is 0.529. The lowest BCUT2D eigenvalue weighted by Crippen LogP contribution is -2.67. The number of halogens is 1. The second kappa shape index (κ2) is 8.42. The summed E-state index contributed by atoms with van der Waals surface area (Å²) in [7, 11) is 1.55. The van der Waals surface area contributed by atoms with Crippen LogP contribution in [0.25, 0.3) is 6.08 Å². The summed E-state index contributed by atoms with van der Waals surface area (Å²) < 4.78 is 25.1. The number of carbonyl (C=O) groups is 1. The zero-order chi connectivity index (χ0) is 19.4. The number of benzene rings is 1. The fourth-order valence-electron chi connectivity index (χ4n) is 4.00. The zero-order valence-corrected chi connectivity index (χ0v) is 16.5. The Morgan fingerprint density at radius 3 is 2.81 bits per heavy atom. The molecule has 1 aliphatic carbocycles. The largest absolute Gasteiger partial charge is 0.496 e. The summed E-state index contributed by atoms with van der Waals surface area (Å²) in [6.07, 6.45) is 7.54. The number of nitrogens with one attached hydrogen (secondary N) is 1. The number of esters is 1. The van der Waals surface area contributed by atoms with E-state index in [1.807, 2.05) is 13.0 Å². The Hall–Kier alpha value is -1.88. The molecule has 2 atom stereocenters. The third-order valence-corrected chi connectivity index (χ3v) is 5.81. The molecule has 27 heavy (non-hydrogen) atoms. The summed E-state index contributed by atoms with van der Waals surface area (Å²) >= 11 is 0. The molecule has 0 aromatic heterocycles. The second-order valence-electron chi connectivity index (χ2n) is 7.97. The van der Waals surface area contributed by atoms with Crippen molar-refractivity contribution >= 4 is 12.0 Å². The van der Waals surface area contributed by atoms with E-state index in [4.69, 9.17) is 9.47 Å². The zero-order valence-electron chi connectivity index (χ0n) is 16.5. The average molecular weight is 375 g/mol. The number of allylic oxidation sites excluding steroid dienone is 1. The highest BCUT2D eigenvalue weighted by molar-refractivity contribution is 5.72. The van der Waals surface area contributed by atoms with Gasteiger partial charge < -0.3 is 9.47 Å². The molecule has 2 aliphatic rings. The van der Waals surface area contributed by atoms with Crippen molar-refractivity contribution in [2.24, 2.45) is 11.3 Å². The molecule has 0 bridgehead atoms. The summed E-state index contributed by atoms with van der Waals surface area (Å²) in [6.45, 7) is 4.93. The normalized spacial score (nSPS) is 24.7. The van der Waals surface area contributed by atoms with Gasteiger partial charge in [-0.15, -0.1) is 0 Å². The van der Waals surface area contributed by atoms with Gasteiger partial charge in [-0.2, -0.15) is 0 Å². The van der Waals surface area contributed by atoms with Gasteiger partial charge in [0.05, 0.1) is 18.6 Å². The molecule has 2 fully saturated rings. The van der Waals surface area contributed by atoms with Crippen molar-refractivity contribution in [2.45, 2.75) is 58.6 Å². The van der Waals surface area contributed by atoms with Crippen LogP contribution in [0.15, 0.2) is 23.8 Å². The minimum atomic E-state index is -0.279. The number of methoxy groups -OCH3 is 1. The van der Waals surface area contributed by atoms with E-state index in [1.165, 1.54) is 6.07 Å². The first-order valence-electron chi connectivity index (χ1n) is 9.95. The van der Waals surface area contributed by atoms with Crippen LogP contribution in [0.3, 0.4) is 0 Å². The second-order valence-corrected chi connectivity index (χ2v) is 7.97. The Balaban J connectivity index is 1.56. The molecular weight excluding hydrogens is 345 g/mol. The van der Waals surface area contributed by atoms with Gasteiger partial charge in [-0.1, -0.05) is 44.7 Å². The van der Waals surface area contributed by atoms with Gasteiger partial charge in [-0.25, -0.2) is 4.39 Å². The van der Waals surface area contributed by atoms with Gasteiger partial charge in [0.2, 0.25) is 0 Å². The van der Waals surface area contributed by atoms with Crippen LogP contribution in [0.4, 0.5) is 4.39 Å². The third-order valence-electron chi connectivity index (χ3n) is 5.81. The monoisotopic (exact) mass is 375 g/mol. The first-order chi connectivity index (χ1) is 13.0. The SMILES string of the molecule is CCCCCC(C)C(=O)OC1NCC12CC(=Cc1c(F)cccc1OC)C2. The highest BCUT2D eigenvalue weighted by Crippen LogP contribution is 2.53. The van der Waals surface area contributed by atoms with Crippen molar-refractivity contribution in [1.29, 1.82) is 0 Å². The molecule has 1 saturated carbocycles. The Morgan fingerprint density at radius 1 is 1.41 bits per heavy atom. The van der Waals surface area contributed by atoms with Crippen LogP contribution in [0.1, 0.15) is 57.9 Å². The van der Waals surface area contributed by atoms with Crippen LogP contribution in [0.5, 0.6) is 5.75 Å². The molecule has 5 heteroatoms. The van der Waals surface area contributed by atoms with E-state index >= 15 is 0 Å². The molecule has 1 heterocycles. The van der Waals surface area contributed by atoms with Crippen LogP contribution in [0.2, 0.25) is 0 Å². The third kappa shape index (κ3) is 4.18. The standard InChI is InChI=1S/C22H30FNO3/c1-4-5-6-8-15(2)20(25)27-21-22(14-24-21)12-16(13-22)11-17-18(23)9-7-10-19(17)26-3/h7,9-11,15,21,24H,4-6,8,12-14H2,1-3H3. The van der Waals surface area contributed by atoms with Crippen molar-refractivity contribution < 1.29 is 18.7 Å². The highest BCUT2D eigenvalue weighted by Gasteiger charge is 2.55. The van der Waals surface area contributed by atoms with Crippen LogP contribution in [-0.4, -0.2) is 25.9 Å². The van der Waals surface area contributed by atoms with Gasteiger partial charge in [0, 0.05) is 12.0 Å². The van der Waals surface area contributed by atoms with E-state index in [2.05, 4.69) is 12.2 Å². The fraction of sp³-hybridized carbons (Fsp3) is 0.591. The fourth-order valence-corrected chi connectivity index (χ4v) is 4.00. The number of carbonyl (C=O) groups excluding carboxylic acids is 1. The molecule has 1 aromatic carbocycles.